The lowest BCUT2D eigenvalue weighted by Gasteiger charge is -2.19. The van der Waals surface area contributed by atoms with Gasteiger partial charge in [0.15, 0.2) is 29.0 Å². The first-order valence-electron chi connectivity index (χ1n) is 8.93. The van der Waals surface area contributed by atoms with Gasteiger partial charge in [0.1, 0.15) is 0 Å². The van der Waals surface area contributed by atoms with Crippen LogP contribution in [0.2, 0.25) is 0 Å². The fraction of sp³-hybridized carbons (Fsp3) is 0.182. The van der Waals surface area contributed by atoms with Crippen molar-refractivity contribution in [3.05, 3.63) is 88.7 Å². The topological polar surface area (TPSA) is 9.23 Å². The quantitative estimate of drug-likeness (QED) is 0.300. The molecule has 0 saturated carbocycles. The zero-order valence-electron chi connectivity index (χ0n) is 15.6. The Hall–Kier alpha value is -3.03. The molecule has 0 N–H and O–H groups in total. The third-order valence-corrected chi connectivity index (χ3v) is 4.41. The fourth-order valence-electron chi connectivity index (χ4n) is 2.90. The van der Waals surface area contributed by atoms with Gasteiger partial charge >= 0.3 is 6.11 Å². The SMILES string of the molecule is CCCc1ccc(C(F)(F)Oc2ccc(-c3cc(F)c(F)c(F)c3)c(F)c2F)cc1. The Morgan fingerprint density at radius 3 is 1.93 bits per heavy atom. The van der Waals surface area contributed by atoms with Gasteiger partial charge in [-0.3, -0.25) is 0 Å². The van der Waals surface area contributed by atoms with Crippen LogP contribution in [0.15, 0.2) is 48.5 Å². The van der Waals surface area contributed by atoms with Crippen LogP contribution in [0.5, 0.6) is 5.75 Å². The van der Waals surface area contributed by atoms with Gasteiger partial charge in [-0.25, -0.2) is 17.6 Å². The number of hydrogen-bond acceptors (Lipinski definition) is 1. The summed E-state index contributed by atoms with van der Waals surface area (Å²) in [6.45, 7) is 1.93. The van der Waals surface area contributed by atoms with Crippen LogP contribution < -0.4 is 4.74 Å². The van der Waals surface area contributed by atoms with Gasteiger partial charge in [0.25, 0.3) is 0 Å². The van der Waals surface area contributed by atoms with Gasteiger partial charge < -0.3 is 4.74 Å². The first-order valence-corrected chi connectivity index (χ1v) is 8.93. The second kappa shape index (κ2) is 8.38. The molecule has 8 heteroatoms. The molecule has 0 aliphatic heterocycles. The highest BCUT2D eigenvalue weighted by atomic mass is 19.3. The minimum atomic E-state index is -3.96. The number of alkyl halides is 2. The second-order valence-electron chi connectivity index (χ2n) is 6.56. The van der Waals surface area contributed by atoms with Crippen molar-refractivity contribution >= 4 is 0 Å². The van der Waals surface area contributed by atoms with Gasteiger partial charge in [-0.1, -0.05) is 25.5 Å². The summed E-state index contributed by atoms with van der Waals surface area (Å²) in [5.41, 5.74) is -0.885. The Labute approximate surface area is 167 Å². The molecule has 0 aromatic heterocycles. The molecule has 0 fully saturated rings. The van der Waals surface area contributed by atoms with E-state index in [0.717, 1.165) is 30.2 Å². The molecular weight excluding hydrogens is 413 g/mol. The number of ether oxygens (including phenoxy) is 1. The Morgan fingerprint density at radius 2 is 1.37 bits per heavy atom. The van der Waals surface area contributed by atoms with E-state index in [-0.39, 0.29) is 0 Å². The van der Waals surface area contributed by atoms with Crippen LogP contribution in [0.4, 0.5) is 30.7 Å². The molecule has 3 aromatic carbocycles. The highest BCUT2D eigenvalue weighted by Gasteiger charge is 2.36. The summed E-state index contributed by atoms with van der Waals surface area (Å²) in [6, 6.07) is 7.63. The van der Waals surface area contributed by atoms with Crippen molar-refractivity contribution in [1.82, 2.24) is 0 Å². The molecule has 158 valence electrons. The average molecular weight is 428 g/mol. The maximum absolute atomic E-state index is 14.4. The van der Waals surface area contributed by atoms with Crippen LogP contribution in [-0.4, -0.2) is 0 Å². The molecule has 0 spiro atoms. The Kier molecular flexibility index (Phi) is 6.05. The number of hydrogen-bond donors (Lipinski definition) is 0. The normalized spacial score (nSPS) is 11.6. The number of rotatable bonds is 6. The van der Waals surface area contributed by atoms with Gasteiger partial charge in [-0.05, 0) is 53.9 Å². The molecule has 3 aromatic rings. The molecule has 0 atom stereocenters. The maximum Gasteiger partial charge on any atom is 0.426 e. The molecule has 3 rings (SSSR count). The summed E-state index contributed by atoms with van der Waals surface area (Å²) in [5, 5.41) is 0. The molecule has 0 amide bonds. The minimum Gasteiger partial charge on any atom is -0.426 e. The molecule has 0 radical (unpaired) electrons. The van der Waals surface area contributed by atoms with Crippen LogP contribution in [0.3, 0.4) is 0 Å². The predicted octanol–water partition coefficient (Wildman–Crippen LogP) is 7.13. The lowest BCUT2D eigenvalue weighted by Crippen LogP contribution is -2.22. The van der Waals surface area contributed by atoms with E-state index < -0.39 is 57.6 Å². The summed E-state index contributed by atoms with van der Waals surface area (Å²) >= 11 is 0. The van der Waals surface area contributed by atoms with Crippen LogP contribution >= 0.6 is 0 Å². The Balaban J connectivity index is 1.91. The van der Waals surface area contributed by atoms with Crippen LogP contribution in [0.1, 0.15) is 24.5 Å². The number of benzene rings is 3. The molecule has 0 aliphatic rings. The molecule has 0 saturated heterocycles. The van der Waals surface area contributed by atoms with E-state index >= 15 is 0 Å². The molecule has 0 bridgehead atoms. The molecule has 0 aliphatic carbocycles. The molecule has 0 unspecified atom stereocenters. The van der Waals surface area contributed by atoms with Gasteiger partial charge in [0.05, 0.1) is 5.56 Å². The Morgan fingerprint density at radius 1 is 0.767 bits per heavy atom. The highest BCUT2D eigenvalue weighted by Crippen LogP contribution is 2.36. The van der Waals surface area contributed by atoms with Gasteiger partial charge in [0, 0.05) is 5.56 Å². The smallest absolute Gasteiger partial charge is 0.426 e. The van der Waals surface area contributed by atoms with Crippen molar-refractivity contribution in [3.8, 4) is 16.9 Å². The largest absolute Gasteiger partial charge is 0.426 e. The third kappa shape index (κ3) is 4.27. The first-order chi connectivity index (χ1) is 14.1. The second-order valence-corrected chi connectivity index (χ2v) is 6.56. The zero-order valence-corrected chi connectivity index (χ0v) is 15.6. The molecule has 30 heavy (non-hydrogen) atoms. The van der Waals surface area contributed by atoms with Crippen LogP contribution in [0.25, 0.3) is 11.1 Å². The van der Waals surface area contributed by atoms with Crippen LogP contribution in [-0.2, 0) is 12.5 Å². The van der Waals surface area contributed by atoms with E-state index in [4.69, 9.17) is 0 Å². The zero-order chi connectivity index (χ0) is 22.1. The Bertz CT molecular complexity index is 1040. The van der Waals surface area contributed by atoms with E-state index in [2.05, 4.69) is 4.74 Å². The van der Waals surface area contributed by atoms with E-state index in [9.17, 15) is 30.7 Å². The standard InChI is InChI=1S/C22H15F7O/c1-2-3-12-4-6-14(7-5-12)22(28,29)30-18-9-8-15(19(25)21(18)27)13-10-16(23)20(26)17(24)11-13/h4-11H,2-3H2,1H3. The van der Waals surface area contributed by atoms with Crippen molar-refractivity contribution in [2.24, 2.45) is 0 Å². The van der Waals surface area contributed by atoms with Crippen molar-refractivity contribution in [3.63, 3.8) is 0 Å². The number of halogens is 7. The summed E-state index contributed by atoms with van der Waals surface area (Å²) in [7, 11) is 0. The predicted molar refractivity (Wildman–Crippen MR) is 96.6 cm³/mol. The summed E-state index contributed by atoms with van der Waals surface area (Å²) in [6.07, 6.45) is -2.45. The first kappa shape index (κ1) is 21.7. The van der Waals surface area contributed by atoms with Gasteiger partial charge in [0.2, 0.25) is 5.82 Å². The van der Waals surface area contributed by atoms with Gasteiger partial charge in [-0.2, -0.15) is 13.2 Å². The molecule has 1 nitrogen and oxygen atoms in total. The van der Waals surface area contributed by atoms with E-state index in [1.807, 2.05) is 6.92 Å². The fourth-order valence-corrected chi connectivity index (χ4v) is 2.90. The summed E-state index contributed by atoms with van der Waals surface area (Å²) < 4.78 is 102. The van der Waals surface area contributed by atoms with Crippen molar-refractivity contribution < 1.29 is 35.5 Å². The van der Waals surface area contributed by atoms with E-state index in [1.54, 1.807) is 0 Å². The summed E-state index contributed by atoms with van der Waals surface area (Å²) in [4.78, 5) is 0. The lowest BCUT2D eigenvalue weighted by molar-refractivity contribution is -0.187. The van der Waals surface area contributed by atoms with Crippen molar-refractivity contribution in [2.45, 2.75) is 25.9 Å². The van der Waals surface area contributed by atoms with E-state index in [1.165, 1.54) is 12.1 Å². The lowest BCUT2D eigenvalue weighted by atomic mass is 10.0. The monoisotopic (exact) mass is 428 g/mol. The maximum atomic E-state index is 14.4. The van der Waals surface area contributed by atoms with Crippen LogP contribution in [0, 0.1) is 29.1 Å². The van der Waals surface area contributed by atoms with E-state index in [0.29, 0.717) is 24.6 Å². The van der Waals surface area contributed by atoms with Crippen molar-refractivity contribution in [1.29, 1.82) is 0 Å². The highest BCUT2D eigenvalue weighted by molar-refractivity contribution is 5.65. The average Bonchev–Trinajstić information content (AvgIpc) is 2.70. The number of aryl methyl sites for hydroxylation is 1. The molecular formula is C22H15F7O. The third-order valence-electron chi connectivity index (χ3n) is 4.41. The summed E-state index contributed by atoms with van der Waals surface area (Å²) in [5.74, 6) is -9.54. The van der Waals surface area contributed by atoms with Gasteiger partial charge in [-0.15, -0.1) is 0 Å². The van der Waals surface area contributed by atoms with Crippen molar-refractivity contribution in [2.75, 3.05) is 0 Å². The molecule has 0 heterocycles. The minimum absolute atomic E-state index is 0.462.